The lowest BCUT2D eigenvalue weighted by molar-refractivity contribution is -0.121. The first kappa shape index (κ1) is 20.8. The molecule has 3 fully saturated rings. The minimum atomic E-state index is -0.303. The van der Waals surface area contributed by atoms with Crippen molar-refractivity contribution in [1.82, 2.24) is 10.6 Å². The number of hydrogen-bond donors (Lipinski definition) is 2. The van der Waals surface area contributed by atoms with Gasteiger partial charge in [0.05, 0.1) is 18.2 Å². The number of rotatable bonds is 6. The fourth-order valence-electron chi connectivity index (χ4n) is 4.87. The summed E-state index contributed by atoms with van der Waals surface area (Å²) in [4.78, 5) is 38.0. The summed E-state index contributed by atoms with van der Waals surface area (Å²) in [6.07, 6.45) is 9.63. The molecule has 1 aliphatic carbocycles. The quantitative estimate of drug-likeness (QED) is 0.750. The monoisotopic (exact) mass is 413 g/mol. The largest absolute Gasteiger partial charge is 0.370 e. The van der Waals surface area contributed by atoms with Gasteiger partial charge in [0.15, 0.2) is 0 Å². The highest BCUT2D eigenvalue weighted by Gasteiger charge is 2.40. The van der Waals surface area contributed by atoms with Gasteiger partial charge >= 0.3 is 0 Å². The Hall–Kier alpha value is -2.41. The third-order valence-electron chi connectivity index (χ3n) is 6.55. The van der Waals surface area contributed by atoms with Crippen LogP contribution in [0.2, 0.25) is 0 Å². The zero-order valence-corrected chi connectivity index (χ0v) is 17.5. The van der Waals surface area contributed by atoms with Gasteiger partial charge in [-0.1, -0.05) is 19.3 Å². The predicted molar refractivity (Wildman–Crippen MR) is 113 cm³/mol. The molecule has 162 valence electrons. The van der Waals surface area contributed by atoms with E-state index in [0.717, 1.165) is 44.3 Å². The van der Waals surface area contributed by atoms with Crippen LogP contribution in [0.5, 0.6) is 0 Å². The highest BCUT2D eigenvalue weighted by Crippen LogP contribution is 2.41. The molecule has 2 heterocycles. The number of nitrogens with one attached hydrogen (secondary N) is 2. The highest BCUT2D eigenvalue weighted by molar-refractivity contribution is 5.98. The Labute approximate surface area is 177 Å². The van der Waals surface area contributed by atoms with E-state index >= 15 is 0 Å². The molecule has 2 N–H and O–H groups in total. The third-order valence-corrected chi connectivity index (χ3v) is 6.55. The molecule has 0 bridgehead atoms. The van der Waals surface area contributed by atoms with Crippen LogP contribution >= 0.6 is 0 Å². The summed E-state index contributed by atoms with van der Waals surface area (Å²) in [5.74, 6) is -0.400. The number of amides is 3. The Morgan fingerprint density at radius 2 is 1.80 bits per heavy atom. The molecule has 3 aliphatic rings. The molecule has 1 spiro atoms. The lowest BCUT2D eigenvalue weighted by atomic mass is 9.83. The summed E-state index contributed by atoms with van der Waals surface area (Å²) in [7, 11) is 0. The van der Waals surface area contributed by atoms with Crippen molar-refractivity contribution in [3.63, 3.8) is 0 Å². The molecule has 7 nitrogen and oxygen atoms in total. The Morgan fingerprint density at radius 3 is 2.50 bits per heavy atom. The number of anilines is 1. The van der Waals surface area contributed by atoms with E-state index in [-0.39, 0.29) is 36.0 Å². The summed E-state index contributed by atoms with van der Waals surface area (Å²) >= 11 is 0. The first-order valence-electron chi connectivity index (χ1n) is 11.2. The lowest BCUT2D eigenvalue weighted by Gasteiger charge is -2.33. The first-order chi connectivity index (χ1) is 14.5. The van der Waals surface area contributed by atoms with Crippen LogP contribution in [0.4, 0.5) is 5.69 Å². The fourth-order valence-corrected chi connectivity index (χ4v) is 4.87. The van der Waals surface area contributed by atoms with Crippen LogP contribution in [0.1, 0.15) is 68.1 Å². The van der Waals surface area contributed by atoms with Gasteiger partial charge in [0.25, 0.3) is 5.91 Å². The van der Waals surface area contributed by atoms with Crippen LogP contribution in [-0.2, 0) is 14.3 Å². The van der Waals surface area contributed by atoms with E-state index in [9.17, 15) is 14.4 Å². The smallest absolute Gasteiger partial charge is 0.251 e. The van der Waals surface area contributed by atoms with Crippen LogP contribution < -0.4 is 15.5 Å². The Balaban J connectivity index is 1.18. The number of benzene rings is 1. The van der Waals surface area contributed by atoms with Gasteiger partial charge in [0, 0.05) is 30.8 Å². The Bertz CT molecular complexity index is 786. The van der Waals surface area contributed by atoms with E-state index in [1.165, 1.54) is 19.3 Å². The second-order valence-corrected chi connectivity index (χ2v) is 8.70. The number of ether oxygens (including phenoxy) is 1. The van der Waals surface area contributed by atoms with E-state index in [0.29, 0.717) is 18.5 Å². The maximum Gasteiger partial charge on any atom is 0.251 e. The molecule has 1 aromatic carbocycles. The van der Waals surface area contributed by atoms with Gasteiger partial charge in [-0.05, 0) is 56.4 Å². The van der Waals surface area contributed by atoms with Crippen molar-refractivity contribution < 1.29 is 19.1 Å². The van der Waals surface area contributed by atoms with Gasteiger partial charge in [0.2, 0.25) is 11.8 Å². The SMILES string of the molecule is O=C(CNC(=O)c1ccc(N2CCCC2=O)cc1)NC[C@H]1CCC2(CCCCC2)O1. The molecule has 2 aliphatic heterocycles. The Kier molecular flexibility index (Phi) is 6.37. The van der Waals surface area contributed by atoms with Crippen LogP contribution in [0.3, 0.4) is 0 Å². The second kappa shape index (κ2) is 9.16. The van der Waals surface area contributed by atoms with Gasteiger partial charge in [-0.15, -0.1) is 0 Å². The minimum Gasteiger partial charge on any atom is -0.370 e. The molecule has 0 aromatic heterocycles. The molecule has 7 heteroatoms. The number of carbonyl (C=O) groups is 3. The van der Waals surface area contributed by atoms with E-state index < -0.39 is 0 Å². The molecular formula is C23H31N3O4. The van der Waals surface area contributed by atoms with E-state index in [1.807, 2.05) is 0 Å². The van der Waals surface area contributed by atoms with E-state index in [2.05, 4.69) is 10.6 Å². The van der Waals surface area contributed by atoms with Gasteiger partial charge in [-0.25, -0.2) is 0 Å². The van der Waals surface area contributed by atoms with Gasteiger partial charge in [-0.2, -0.15) is 0 Å². The minimum absolute atomic E-state index is 0.0493. The summed E-state index contributed by atoms with van der Waals surface area (Å²) in [5.41, 5.74) is 1.32. The summed E-state index contributed by atoms with van der Waals surface area (Å²) < 4.78 is 6.27. The molecule has 0 radical (unpaired) electrons. The number of carbonyl (C=O) groups excluding carboxylic acids is 3. The van der Waals surface area contributed by atoms with E-state index in [1.54, 1.807) is 29.2 Å². The van der Waals surface area contributed by atoms with Crippen molar-refractivity contribution in [3.05, 3.63) is 29.8 Å². The molecule has 1 saturated carbocycles. The summed E-state index contributed by atoms with van der Waals surface area (Å²) in [6, 6.07) is 6.92. The normalized spacial score (nSPS) is 23.0. The highest BCUT2D eigenvalue weighted by atomic mass is 16.5. The summed E-state index contributed by atoms with van der Waals surface area (Å²) in [6.45, 7) is 1.15. The first-order valence-corrected chi connectivity index (χ1v) is 11.2. The molecule has 2 saturated heterocycles. The average molecular weight is 414 g/mol. The maximum absolute atomic E-state index is 12.3. The van der Waals surface area contributed by atoms with Gasteiger partial charge in [-0.3, -0.25) is 14.4 Å². The van der Waals surface area contributed by atoms with Crippen LogP contribution in [0.25, 0.3) is 0 Å². The van der Waals surface area contributed by atoms with Gasteiger partial charge in [0.1, 0.15) is 0 Å². The van der Waals surface area contributed by atoms with Crippen molar-refractivity contribution in [2.45, 2.75) is 69.5 Å². The van der Waals surface area contributed by atoms with Crippen LogP contribution in [-0.4, -0.2) is 49.1 Å². The van der Waals surface area contributed by atoms with Crippen molar-refractivity contribution in [3.8, 4) is 0 Å². The fraction of sp³-hybridized carbons (Fsp3) is 0.609. The maximum atomic E-state index is 12.3. The second-order valence-electron chi connectivity index (χ2n) is 8.70. The zero-order chi connectivity index (χ0) is 21.0. The molecule has 1 atom stereocenters. The van der Waals surface area contributed by atoms with E-state index in [4.69, 9.17) is 4.74 Å². The molecule has 3 amide bonds. The molecule has 4 rings (SSSR count). The zero-order valence-electron chi connectivity index (χ0n) is 17.5. The van der Waals surface area contributed by atoms with Crippen LogP contribution in [0.15, 0.2) is 24.3 Å². The lowest BCUT2D eigenvalue weighted by Crippen LogP contribution is -2.41. The average Bonchev–Trinajstić information content (AvgIpc) is 3.37. The van der Waals surface area contributed by atoms with Crippen molar-refractivity contribution in [2.75, 3.05) is 24.5 Å². The molecule has 30 heavy (non-hydrogen) atoms. The molecule has 0 unspecified atom stereocenters. The molecular weight excluding hydrogens is 382 g/mol. The van der Waals surface area contributed by atoms with Crippen LogP contribution in [0, 0.1) is 0 Å². The third kappa shape index (κ3) is 4.83. The standard InChI is InChI=1S/C23H31N3O4/c27-20(24-15-19-10-13-23(30-19)11-2-1-3-12-23)16-25-22(29)17-6-8-18(9-7-17)26-14-4-5-21(26)28/h6-9,19H,1-5,10-16H2,(H,24,27)(H,25,29)/t19-/m1/s1. The summed E-state index contributed by atoms with van der Waals surface area (Å²) in [5, 5.41) is 5.54. The topological polar surface area (TPSA) is 87.7 Å². The Morgan fingerprint density at radius 1 is 1.03 bits per heavy atom. The predicted octanol–water partition coefficient (Wildman–Crippen LogP) is 2.54. The van der Waals surface area contributed by atoms with Gasteiger partial charge < -0.3 is 20.3 Å². The van der Waals surface area contributed by atoms with Crippen molar-refractivity contribution in [1.29, 1.82) is 0 Å². The van der Waals surface area contributed by atoms with Crippen molar-refractivity contribution in [2.24, 2.45) is 0 Å². The van der Waals surface area contributed by atoms with Crippen molar-refractivity contribution >= 4 is 23.4 Å². The number of nitrogens with zero attached hydrogens (tertiary/aromatic N) is 1. The number of hydrogen-bond acceptors (Lipinski definition) is 4. The molecule has 1 aromatic rings.